The minimum absolute atomic E-state index is 0.140. The van der Waals surface area contributed by atoms with Gasteiger partial charge in [-0.15, -0.1) is 0 Å². The van der Waals surface area contributed by atoms with Crippen LogP contribution in [0.4, 0.5) is 0 Å². The Kier molecular flexibility index (Phi) is 9.60. The lowest BCUT2D eigenvalue weighted by Gasteiger charge is -2.42. The van der Waals surface area contributed by atoms with E-state index in [4.69, 9.17) is 4.74 Å². The number of ether oxygens (including phenoxy) is 1. The van der Waals surface area contributed by atoms with Gasteiger partial charge in [-0.05, 0) is 94.3 Å². The number of piperidine rings is 1. The molecule has 1 unspecified atom stereocenters. The Labute approximate surface area is 233 Å². The summed E-state index contributed by atoms with van der Waals surface area (Å²) in [6.07, 6.45) is 2.87. The van der Waals surface area contributed by atoms with Crippen molar-refractivity contribution in [2.45, 2.75) is 63.6 Å². The molecule has 1 aliphatic heterocycles. The molecule has 0 aliphatic carbocycles. The van der Waals surface area contributed by atoms with Crippen LogP contribution in [-0.4, -0.2) is 47.3 Å². The van der Waals surface area contributed by atoms with Gasteiger partial charge in [0, 0.05) is 0 Å². The van der Waals surface area contributed by atoms with Gasteiger partial charge in [0.05, 0.1) is 18.1 Å². The van der Waals surface area contributed by atoms with Gasteiger partial charge in [0.2, 0.25) is 0 Å². The maximum absolute atomic E-state index is 12.3. The summed E-state index contributed by atoms with van der Waals surface area (Å²) >= 11 is 0. The molecule has 5 nitrogen and oxygen atoms in total. The van der Waals surface area contributed by atoms with Gasteiger partial charge in [0.25, 0.3) is 0 Å². The zero-order valence-corrected chi connectivity index (χ0v) is 23.6. The van der Waals surface area contributed by atoms with E-state index in [2.05, 4.69) is 4.90 Å². The van der Waals surface area contributed by atoms with E-state index in [1.165, 1.54) is 0 Å². The van der Waals surface area contributed by atoms with Gasteiger partial charge < -0.3 is 19.8 Å². The van der Waals surface area contributed by atoms with Crippen LogP contribution in [0.5, 0.6) is 0 Å². The van der Waals surface area contributed by atoms with Crippen molar-refractivity contribution in [1.82, 2.24) is 4.90 Å². The monoisotopic (exact) mass is 529 g/mol. The Bertz CT molecular complexity index is 1130. The van der Waals surface area contributed by atoms with E-state index in [9.17, 15) is 15.0 Å². The fraction of sp³-hybridized carbons (Fsp3) is 0.441. The summed E-state index contributed by atoms with van der Waals surface area (Å²) in [7, 11) is 0. The highest BCUT2D eigenvalue weighted by Gasteiger charge is 2.41. The van der Waals surface area contributed by atoms with Crippen molar-refractivity contribution in [3.05, 3.63) is 107 Å². The summed E-state index contributed by atoms with van der Waals surface area (Å²) in [6.45, 7) is 8.68. The third-order valence-corrected chi connectivity index (χ3v) is 8.36. The van der Waals surface area contributed by atoms with E-state index in [1.54, 1.807) is 0 Å². The molecule has 3 aromatic carbocycles. The number of aliphatic hydroxyl groups excluding tert-OH is 1. The Morgan fingerprint density at radius 1 is 0.897 bits per heavy atom. The molecule has 5 heteroatoms. The molecule has 2 N–H and O–H groups in total. The third kappa shape index (κ3) is 6.60. The van der Waals surface area contributed by atoms with Gasteiger partial charge in [-0.2, -0.15) is 0 Å². The Hall–Kier alpha value is -2.99. The lowest BCUT2D eigenvalue weighted by molar-refractivity contribution is -0.148. The molecule has 1 atom stereocenters. The molecule has 0 amide bonds. The molecular formula is C34H43NO4. The van der Waals surface area contributed by atoms with Crippen molar-refractivity contribution < 1.29 is 19.7 Å². The number of esters is 1. The molecule has 4 rings (SSSR count). The summed E-state index contributed by atoms with van der Waals surface area (Å²) < 4.78 is 5.21. The first-order valence-electron chi connectivity index (χ1n) is 14.3. The van der Waals surface area contributed by atoms with Gasteiger partial charge in [0.1, 0.15) is 5.60 Å². The quantitative estimate of drug-likeness (QED) is 0.299. The smallest absolute Gasteiger partial charge is 0.315 e. The van der Waals surface area contributed by atoms with E-state index in [0.29, 0.717) is 13.0 Å². The lowest BCUT2D eigenvalue weighted by atomic mass is 9.72. The average Bonchev–Trinajstić information content (AvgIpc) is 2.98. The fourth-order valence-electron chi connectivity index (χ4n) is 5.82. The molecule has 0 saturated carbocycles. The molecule has 1 fully saturated rings. The zero-order valence-electron chi connectivity index (χ0n) is 23.6. The SMILES string of the molecule is CCOC(=O)C(C)(C)c1ccc(C(O)CCCN2CCC(C(O)(c3ccccc3)c3ccccc3)CC2)cc1. The van der Waals surface area contributed by atoms with Crippen molar-refractivity contribution in [2.24, 2.45) is 5.92 Å². The van der Waals surface area contributed by atoms with Gasteiger partial charge >= 0.3 is 5.97 Å². The molecule has 1 aliphatic rings. The second-order valence-corrected chi connectivity index (χ2v) is 11.2. The number of nitrogens with zero attached hydrogens (tertiary/aromatic N) is 1. The van der Waals surface area contributed by atoms with E-state index in [-0.39, 0.29) is 11.9 Å². The summed E-state index contributed by atoms with van der Waals surface area (Å²) in [5.74, 6) is -0.102. The second kappa shape index (κ2) is 12.9. The largest absolute Gasteiger partial charge is 0.465 e. The number of hydrogen-bond acceptors (Lipinski definition) is 5. The van der Waals surface area contributed by atoms with E-state index in [1.807, 2.05) is 106 Å². The molecule has 0 aromatic heterocycles. The topological polar surface area (TPSA) is 70.0 Å². The normalized spacial score (nSPS) is 16.1. The molecule has 0 radical (unpaired) electrons. The maximum atomic E-state index is 12.3. The Morgan fingerprint density at radius 3 is 1.95 bits per heavy atom. The molecule has 3 aromatic rings. The number of likely N-dealkylation sites (tertiary alicyclic amines) is 1. The highest BCUT2D eigenvalue weighted by Crippen LogP contribution is 2.42. The van der Waals surface area contributed by atoms with Crippen LogP contribution in [0.25, 0.3) is 0 Å². The minimum Gasteiger partial charge on any atom is -0.465 e. The first kappa shape index (κ1) is 29.0. The highest BCUT2D eigenvalue weighted by atomic mass is 16.5. The minimum atomic E-state index is -1.00. The number of benzene rings is 3. The first-order valence-corrected chi connectivity index (χ1v) is 14.3. The summed E-state index contributed by atoms with van der Waals surface area (Å²) in [6, 6.07) is 27.8. The lowest BCUT2D eigenvalue weighted by Crippen LogP contribution is -2.44. The fourth-order valence-corrected chi connectivity index (χ4v) is 5.82. The number of carbonyl (C=O) groups is 1. The van der Waals surface area contributed by atoms with Crippen LogP contribution >= 0.6 is 0 Å². The zero-order chi connectivity index (χ0) is 27.9. The highest BCUT2D eigenvalue weighted by molar-refractivity contribution is 5.82. The third-order valence-electron chi connectivity index (χ3n) is 8.36. The average molecular weight is 530 g/mol. The number of rotatable bonds is 11. The number of hydrogen-bond donors (Lipinski definition) is 2. The molecule has 0 bridgehead atoms. The maximum Gasteiger partial charge on any atom is 0.315 e. The van der Waals surface area contributed by atoms with Gasteiger partial charge in [-0.3, -0.25) is 4.79 Å². The Balaban J connectivity index is 1.30. The molecular weight excluding hydrogens is 486 g/mol. The predicted molar refractivity (Wildman–Crippen MR) is 155 cm³/mol. The van der Waals surface area contributed by atoms with Crippen LogP contribution < -0.4 is 0 Å². The summed E-state index contributed by atoms with van der Waals surface area (Å²) in [5, 5.41) is 22.9. The van der Waals surface area contributed by atoms with Crippen LogP contribution in [0.2, 0.25) is 0 Å². The van der Waals surface area contributed by atoms with Crippen LogP contribution in [0.3, 0.4) is 0 Å². The molecule has 208 valence electrons. The summed E-state index contributed by atoms with van der Waals surface area (Å²) in [4.78, 5) is 14.8. The summed E-state index contributed by atoms with van der Waals surface area (Å²) in [5.41, 5.74) is 1.93. The van der Waals surface area contributed by atoms with Crippen LogP contribution in [0.1, 0.15) is 74.8 Å². The van der Waals surface area contributed by atoms with Crippen LogP contribution in [0, 0.1) is 5.92 Å². The molecule has 1 heterocycles. The van der Waals surface area contributed by atoms with Crippen molar-refractivity contribution in [1.29, 1.82) is 0 Å². The second-order valence-electron chi connectivity index (χ2n) is 11.2. The van der Waals surface area contributed by atoms with Gasteiger partial charge in [0.15, 0.2) is 0 Å². The van der Waals surface area contributed by atoms with Gasteiger partial charge in [-0.25, -0.2) is 0 Å². The van der Waals surface area contributed by atoms with Crippen molar-refractivity contribution >= 4 is 5.97 Å². The molecule has 1 saturated heterocycles. The van der Waals surface area contributed by atoms with E-state index >= 15 is 0 Å². The Morgan fingerprint density at radius 2 is 1.44 bits per heavy atom. The number of aliphatic hydroxyl groups is 2. The van der Waals surface area contributed by atoms with Crippen LogP contribution in [-0.2, 0) is 20.5 Å². The molecule has 39 heavy (non-hydrogen) atoms. The van der Waals surface area contributed by atoms with Crippen molar-refractivity contribution in [2.75, 3.05) is 26.2 Å². The standard InChI is InChI=1S/C34H43NO4/c1-4-39-32(37)33(2,3)27-19-17-26(18-20-27)31(36)16-11-23-35-24-21-30(22-25-35)34(38,28-12-7-5-8-13-28)29-14-9-6-10-15-29/h5-10,12-15,17-20,30-31,36,38H,4,11,16,21-25H2,1-3H3. The van der Waals surface area contributed by atoms with E-state index in [0.717, 1.165) is 61.2 Å². The van der Waals surface area contributed by atoms with Crippen molar-refractivity contribution in [3.63, 3.8) is 0 Å². The molecule has 0 spiro atoms. The van der Waals surface area contributed by atoms with E-state index < -0.39 is 17.1 Å². The van der Waals surface area contributed by atoms with Gasteiger partial charge in [-0.1, -0.05) is 84.9 Å². The van der Waals surface area contributed by atoms with Crippen LogP contribution in [0.15, 0.2) is 84.9 Å². The first-order chi connectivity index (χ1) is 18.8. The predicted octanol–water partition coefficient (Wildman–Crippen LogP) is 5.99. The van der Waals surface area contributed by atoms with Crippen molar-refractivity contribution in [3.8, 4) is 0 Å². The number of carbonyl (C=O) groups excluding carboxylic acids is 1.